The van der Waals surface area contributed by atoms with Crippen LogP contribution in [0.2, 0.25) is 0 Å². The Hall–Kier alpha value is -1.71. The average molecular weight is 275 g/mol. The van der Waals surface area contributed by atoms with Gasteiger partial charge in [-0.1, -0.05) is 19.3 Å². The quantitative estimate of drug-likeness (QED) is 0.724. The summed E-state index contributed by atoms with van der Waals surface area (Å²) in [5.41, 5.74) is 8.05. The molecule has 0 bridgehead atoms. The maximum absolute atomic E-state index is 12.0. The SMILES string of the molecule is CCNC(=O)c1ccc(N)cc1NCC1CCCCC1. The number of nitrogens with one attached hydrogen (secondary N) is 2. The number of benzene rings is 1. The van der Waals surface area contributed by atoms with E-state index in [-0.39, 0.29) is 5.91 Å². The minimum Gasteiger partial charge on any atom is -0.399 e. The minimum atomic E-state index is -0.0429. The lowest BCUT2D eigenvalue weighted by atomic mass is 9.89. The van der Waals surface area contributed by atoms with Crippen LogP contribution in [0, 0.1) is 5.92 Å². The Morgan fingerprint density at radius 3 is 2.75 bits per heavy atom. The molecule has 20 heavy (non-hydrogen) atoms. The summed E-state index contributed by atoms with van der Waals surface area (Å²) >= 11 is 0. The molecule has 4 heteroatoms. The maximum Gasteiger partial charge on any atom is 0.253 e. The standard InChI is InChI=1S/C16H25N3O/c1-2-18-16(20)14-9-8-13(17)10-15(14)19-11-12-6-4-3-5-7-12/h8-10,12,19H,2-7,11,17H2,1H3,(H,18,20). The molecule has 0 aromatic heterocycles. The van der Waals surface area contributed by atoms with Crippen LogP contribution in [0.4, 0.5) is 11.4 Å². The lowest BCUT2D eigenvalue weighted by Crippen LogP contribution is -2.25. The second kappa shape index (κ2) is 7.17. The number of hydrogen-bond donors (Lipinski definition) is 3. The number of nitrogen functional groups attached to an aromatic ring is 1. The molecule has 0 atom stereocenters. The third kappa shape index (κ3) is 3.89. The first-order valence-corrected chi connectivity index (χ1v) is 7.62. The Labute approximate surface area is 121 Å². The second-order valence-corrected chi connectivity index (χ2v) is 5.55. The van der Waals surface area contributed by atoms with E-state index in [1.54, 1.807) is 12.1 Å². The van der Waals surface area contributed by atoms with E-state index in [1.807, 2.05) is 13.0 Å². The van der Waals surface area contributed by atoms with Gasteiger partial charge in [0.05, 0.1) is 5.56 Å². The van der Waals surface area contributed by atoms with E-state index in [0.717, 1.165) is 12.2 Å². The van der Waals surface area contributed by atoms with Crippen molar-refractivity contribution in [2.24, 2.45) is 5.92 Å². The van der Waals surface area contributed by atoms with Crippen LogP contribution in [-0.4, -0.2) is 19.0 Å². The molecular formula is C16H25N3O. The smallest absolute Gasteiger partial charge is 0.253 e. The monoisotopic (exact) mass is 275 g/mol. The van der Waals surface area contributed by atoms with Gasteiger partial charge in [0.25, 0.3) is 5.91 Å². The Bertz CT molecular complexity index is 453. The van der Waals surface area contributed by atoms with E-state index < -0.39 is 0 Å². The zero-order valence-electron chi connectivity index (χ0n) is 12.2. The zero-order valence-corrected chi connectivity index (χ0v) is 12.2. The number of amides is 1. The minimum absolute atomic E-state index is 0.0429. The van der Waals surface area contributed by atoms with Gasteiger partial charge in [0.2, 0.25) is 0 Å². The van der Waals surface area contributed by atoms with E-state index in [1.165, 1.54) is 32.1 Å². The number of rotatable bonds is 5. The molecule has 4 nitrogen and oxygen atoms in total. The van der Waals surface area contributed by atoms with E-state index in [9.17, 15) is 4.79 Å². The molecule has 2 rings (SSSR count). The van der Waals surface area contributed by atoms with Crippen molar-refractivity contribution in [3.63, 3.8) is 0 Å². The van der Waals surface area contributed by atoms with Crippen molar-refractivity contribution in [1.29, 1.82) is 0 Å². The molecule has 0 saturated heterocycles. The van der Waals surface area contributed by atoms with Gasteiger partial charge < -0.3 is 16.4 Å². The summed E-state index contributed by atoms with van der Waals surface area (Å²) in [4.78, 5) is 12.0. The Kier molecular flexibility index (Phi) is 5.27. The lowest BCUT2D eigenvalue weighted by Gasteiger charge is -2.23. The van der Waals surface area contributed by atoms with Crippen LogP contribution >= 0.6 is 0 Å². The van der Waals surface area contributed by atoms with Crippen LogP contribution in [0.1, 0.15) is 49.4 Å². The molecule has 0 unspecified atom stereocenters. The van der Waals surface area contributed by atoms with E-state index >= 15 is 0 Å². The molecule has 4 N–H and O–H groups in total. The largest absolute Gasteiger partial charge is 0.399 e. The van der Waals surface area contributed by atoms with E-state index in [4.69, 9.17) is 5.73 Å². The van der Waals surface area contributed by atoms with Gasteiger partial charge in [-0.2, -0.15) is 0 Å². The van der Waals surface area contributed by atoms with Gasteiger partial charge in [-0.25, -0.2) is 0 Å². The van der Waals surface area contributed by atoms with Gasteiger partial charge in [-0.3, -0.25) is 4.79 Å². The molecule has 0 heterocycles. The zero-order chi connectivity index (χ0) is 14.4. The van der Waals surface area contributed by atoms with Crippen LogP contribution < -0.4 is 16.4 Å². The van der Waals surface area contributed by atoms with Crippen LogP contribution in [0.25, 0.3) is 0 Å². The van der Waals surface area contributed by atoms with E-state index in [2.05, 4.69) is 10.6 Å². The normalized spacial score (nSPS) is 15.8. The number of hydrogen-bond acceptors (Lipinski definition) is 3. The molecule has 0 aliphatic heterocycles. The Morgan fingerprint density at radius 1 is 1.30 bits per heavy atom. The van der Waals surface area contributed by atoms with Crippen LogP contribution in [-0.2, 0) is 0 Å². The number of carbonyl (C=O) groups excluding carboxylic acids is 1. The van der Waals surface area contributed by atoms with Crippen molar-refractivity contribution < 1.29 is 4.79 Å². The molecule has 1 fully saturated rings. The summed E-state index contributed by atoms with van der Waals surface area (Å²) in [7, 11) is 0. The first kappa shape index (κ1) is 14.7. The van der Waals surface area contributed by atoms with Gasteiger partial charge in [-0.15, -0.1) is 0 Å². The van der Waals surface area contributed by atoms with Crippen molar-refractivity contribution in [2.45, 2.75) is 39.0 Å². The highest BCUT2D eigenvalue weighted by Gasteiger charge is 2.15. The summed E-state index contributed by atoms with van der Waals surface area (Å²) in [6.45, 7) is 3.48. The molecule has 0 spiro atoms. The molecule has 110 valence electrons. The predicted octanol–water partition coefficient (Wildman–Crippen LogP) is 3.01. The van der Waals surface area contributed by atoms with Gasteiger partial charge in [0.1, 0.15) is 0 Å². The van der Waals surface area contributed by atoms with Crippen LogP contribution in [0.15, 0.2) is 18.2 Å². The molecular weight excluding hydrogens is 250 g/mol. The molecule has 1 amide bonds. The third-order valence-electron chi connectivity index (χ3n) is 3.93. The van der Waals surface area contributed by atoms with Crippen LogP contribution in [0.5, 0.6) is 0 Å². The van der Waals surface area contributed by atoms with Crippen molar-refractivity contribution in [2.75, 3.05) is 24.1 Å². The molecule has 1 aliphatic carbocycles. The van der Waals surface area contributed by atoms with Gasteiger partial charge >= 0.3 is 0 Å². The maximum atomic E-state index is 12.0. The highest BCUT2D eigenvalue weighted by molar-refractivity contribution is 6.00. The Morgan fingerprint density at radius 2 is 2.05 bits per heavy atom. The summed E-state index contributed by atoms with van der Waals surface area (Å²) in [6, 6.07) is 5.42. The predicted molar refractivity (Wildman–Crippen MR) is 83.9 cm³/mol. The van der Waals surface area contributed by atoms with E-state index in [0.29, 0.717) is 23.7 Å². The van der Waals surface area contributed by atoms with Gasteiger partial charge in [0, 0.05) is 24.5 Å². The average Bonchev–Trinajstić information content (AvgIpc) is 2.46. The molecule has 1 aromatic rings. The fourth-order valence-electron chi connectivity index (χ4n) is 2.81. The number of anilines is 2. The summed E-state index contributed by atoms with van der Waals surface area (Å²) in [5, 5.41) is 6.26. The van der Waals surface area contributed by atoms with Gasteiger partial charge in [-0.05, 0) is 43.9 Å². The fraction of sp³-hybridized carbons (Fsp3) is 0.562. The van der Waals surface area contributed by atoms with Crippen molar-refractivity contribution in [3.8, 4) is 0 Å². The Balaban J connectivity index is 2.04. The lowest BCUT2D eigenvalue weighted by molar-refractivity contribution is 0.0956. The summed E-state index contributed by atoms with van der Waals surface area (Å²) in [5.74, 6) is 0.672. The second-order valence-electron chi connectivity index (χ2n) is 5.55. The summed E-state index contributed by atoms with van der Waals surface area (Å²) in [6.07, 6.45) is 6.58. The first-order valence-electron chi connectivity index (χ1n) is 7.62. The van der Waals surface area contributed by atoms with Crippen molar-refractivity contribution >= 4 is 17.3 Å². The molecule has 1 saturated carbocycles. The van der Waals surface area contributed by atoms with Gasteiger partial charge in [0.15, 0.2) is 0 Å². The molecule has 1 aromatic carbocycles. The number of carbonyl (C=O) groups is 1. The molecule has 1 aliphatic rings. The summed E-state index contributed by atoms with van der Waals surface area (Å²) < 4.78 is 0. The van der Waals surface area contributed by atoms with Crippen molar-refractivity contribution in [3.05, 3.63) is 23.8 Å². The third-order valence-corrected chi connectivity index (χ3v) is 3.93. The van der Waals surface area contributed by atoms with Crippen LogP contribution in [0.3, 0.4) is 0 Å². The highest BCUT2D eigenvalue weighted by Crippen LogP contribution is 2.25. The first-order chi connectivity index (χ1) is 9.70. The topological polar surface area (TPSA) is 67.2 Å². The highest BCUT2D eigenvalue weighted by atomic mass is 16.1. The number of nitrogens with two attached hydrogens (primary N) is 1. The fourth-order valence-corrected chi connectivity index (χ4v) is 2.81. The van der Waals surface area contributed by atoms with Crippen molar-refractivity contribution in [1.82, 2.24) is 5.32 Å². The molecule has 0 radical (unpaired) electrons.